The number of anilines is 2. The Labute approximate surface area is 184 Å². The quantitative estimate of drug-likeness (QED) is 0.327. The van der Waals surface area contributed by atoms with Crippen molar-refractivity contribution in [1.82, 2.24) is 15.3 Å². The number of aromatic nitrogens is 2. The van der Waals surface area contributed by atoms with Gasteiger partial charge in [0.25, 0.3) is 5.69 Å². The second-order valence-corrected chi connectivity index (χ2v) is 7.35. The molecular weight excluding hydrogens is 412 g/mol. The van der Waals surface area contributed by atoms with Gasteiger partial charge < -0.3 is 20.3 Å². The molecule has 1 saturated heterocycles. The summed E-state index contributed by atoms with van der Waals surface area (Å²) in [6.07, 6.45) is 1.45. The van der Waals surface area contributed by atoms with Crippen LogP contribution in [0.4, 0.5) is 17.2 Å². The van der Waals surface area contributed by atoms with Gasteiger partial charge in [-0.2, -0.15) is 0 Å². The van der Waals surface area contributed by atoms with Gasteiger partial charge in [-0.25, -0.2) is 14.8 Å². The summed E-state index contributed by atoms with van der Waals surface area (Å²) in [4.78, 5) is 33.9. The molecule has 0 spiro atoms. The molecule has 1 aliphatic heterocycles. The maximum absolute atomic E-state index is 11.8. The molecule has 0 unspecified atom stereocenters. The first-order valence-corrected chi connectivity index (χ1v) is 10.5. The van der Waals surface area contributed by atoms with Gasteiger partial charge in [0.1, 0.15) is 17.8 Å². The maximum Gasteiger partial charge on any atom is 0.338 e. The summed E-state index contributed by atoms with van der Waals surface area (Å²) in [6, 6.07) is 10.4. The van der Waals surface area contributed by atoms with Gasteiger partial charge >= 0.3 is 5.97 Å². The first-order valence-electron chi connectivity index (χ1n) is 10.5. The molecule has 0 atom stereocenters. The molecule has 10 heteroatoms. The number of rotatable bonds is 7. The number of fused-ring (bicyclic) bond motifs is 1. The van der Waals surface area contributed by atoms with Crippen molar-refractivity contribution >= 4 is 34.1 Å². The molecular formula is C22H24N6O4. The number of hydrogen-bond acceptors (Lipinski definition) is 9. The van der Waals surface area contributed by atoms with Crippen LogP contribution >= 0.6 is 0 Å². The van der Waals surface area contributed by atoms with Crippen molar-refractivity contribution in [2.24, 2.45) is 0 Å². The van der Waals surface area contributed by atoms with Gasteiger partial charge in [0.2, 0.25) is 0 Å². The Balaban J connectivity index is 1.58. The Bertz CT molecular complexity index is 1130. The van der Waals surface area contributed by atoms with E-state index in [2.05, 4.69) is 20.6 Å². The number of carbonyl (C=O) groups excluding carboxylic acids is 1. The average molecular weight is 436 g/mol. The predicted molar refractivity (Wildman–Crippen MR) is 121 cm³/mol. The van der Waals surface area contributed by atoms with Gasteiger partial charge in [-0.05, 0) is 30.7 Å². The molecule has 1 fully saturated rings. The second-order valence-electron chi connectivity index (χ2n) is 7.35. The van der Waals surface area contributed by atoms with Crippen molar-refractivity contribution in [3.8, 4) is 0 Å². The summed E-state index contributed by atoms with van der Waals surface area (Å²) in [5.74, 6) is 0.154. The van der Waals surface area contributed by atoms with Crippen LogP contribution < -0.4 is 15.5 Å². The topological polar surface area (TPSA) is 123 Å². The summed E-state index contributed by atoms with van der Waals surface area (Å²) in [5, 5.41) is 18.9. The lowest BCUT2D eigenvalue weighted by atomic mass is 10.1. The minimum atomic E-state index is -0.360. The lowest BCUT2D eigenvalue weighted by Gasteiger charge is -2.29. The largest absolute Gasteiger partial charge is 0.462 e. The standard InChI is InChI=1S/C22H24N6O4/c1-2-32-22(29)16-5-3-15(4-6-16)13-24-21-17-11-20(28(30)31)19(12-18(17)25-14-26-21)27-9-7-23-8-10-27/h3-6,11-12,14,23H,2,7-10,13H2,1H3,(H,24,25,26). The Kier molecular flexibility index (Phi) is 6.41. The normalized spacial score (nSPS) is 13.7. The van der Waals surface area contributed by atoms with Crippen LogP contribution in [0.5, 0.6) is 0 Å². The van der Waals surface area contributed by atoms with Crippen LogP contribution in [-0.2, 0) is 11.3 Å². The highest BCUT2D eigenvalue weighted by molar-refractivity contribution is 5.94. The Morgan fingerprint density at radius 2 is 1.97 bits per heavy atom. The van der Waals surface area contributed by atoms with E-state index >= 15 is 0 Å². The highest BCUT2D eigenvalue weighted by atomic mass is 16.6. The van der Waals surface area contributed by atoms with Crippen molar-refractivity contribution in [2.75, 3.05) is 43.0 Å². The van der Waals surface area contributed by atoms with Crippen LogP contribution in [0.2, 0.25) is 0 Å². The highest BCUT2D eigenvalue weighted by Gasteiger charge is 2.23. The third-order valence-corrected chi connectivity index (χ3v) is 5.31. The van der Waals surface area contributed by atoms with Crippen molar-refractivity contribution in [3.63, 3.8) is 0 Å². The first kappa shape index (κ1) is 21.4. The van der Waals surface area contributed by atoms with Crippen LogP contribution in [0.1, 0.15) is 22.8 Å². The third kappa shape index (κ3) is 4.59. The predicted octanol–water partition coefficient (Wildman–Crippen LogP) is 2.74. The Morgan fingerprint density at radius 1 is 1.22 bits per heavy atom. The number of nitro groups is 1. The molecule has 3 aromatic rings. The molecule has 166 valence electrons. The van der Waals surface area contributed by atoms with E-state index < -0.39 is 0 Å². The van der Waals surface area contributed by atoms with E-state index in [0.29, 0.717) is 54.2 Å². The van der Waals surface area contributed by atoms with E-state index in [1.807, 2.05) is 17.0 Å². The number of nitrogens with one attached hydrogen (secondary N) is 2. The summed E-state index contributed by atoms with van der Waals surface area (Å²) >= 11 is 0. The lowest BCUT2D eigenvalue weighted by Crippen LogP contribution is -2.43. The maximum atomic E-state index is 11.8. The number of hydrogen-bond donors (Lipinski definition) is 2. The van der Waals surface area contributed by atoms with Crippen LogP contribution in [0, 0.1) is 10.1 Å². The van der Waals surface area contributed by atoms with E-state index in [9.17, 15) is 14.9 Å². The van der Waals surface area contributed by atoms with Gasteiger partial charge in [0, 0.05) is 44.2 Å². The molecule has 1 aromatic heterocycles. The minimum absolute atomic E-state index is 0.0380. The van der Waals surface area contributed by atoms with Crippen LogP contribution in [0.25, 0.3) is 10.9 Å². The van der Waals surface area contributed by atoms with E-state index in [4.69, 9.17) is 4.74 Å². The molecule has 0 amide bonds. The molecule has 2 N–H and O–H groups in total. The van der Waals surface area contributed by atoms with Crippen molar-refractivity contribution in [3.05, 3.63) is 64.0 Å². The smallest absolute Gasteiger partial charge is 0.338 e. The number of piperazine rings is 1. The average Bonchev–Trinajstić information content (AvgIpc) is 2.82. The molecule has 32 heavy (non-hydrogen) atoms. The van der Waals surface area contributed by atoms with E-state index in [1.54, 1.807) is 31.2 Å². The molecule has 4 rings (SSSR count). The second kappa shape index (κ2) is 9.56. The van der Waals surface area contributed by atoms with E-state index in [0.717, 1.165) is 18.7 Å². The van der Waals surface area contributed by atoms with E-state index in [1.165, 1.54) is 6.33 Å². The van der Waals surface area contributed by atoms with Crippen LogP contribution in [-0.4, -0.2) is 53.6 Å². The van der Waals surface area contributed by atoms with Gasteiger partial charge in [-0.1, -0.05) is 12.1 Å². The number of nitro benzene ring substituents is 1. The molecule has 0 aliphatic carbocycles. The number of carbonyl (C=O) groups is 1. The summed E-state index contributed by atoms with van der Waals surface area (Å²) in [5.41, 5.74) is 2.66. The highest BCUT2D eigenvalue weighted by Crippen LogP contribution is 2.34. The number of nitrogens with zero attached hydrogens (tertiary/aromatic N) is 4. The molecule has 1 aliphatic rings. The third-order valence-electron chi connectivity index (χ3n) is 5.31. The molecule has 0 radical (unpaired) electrons. The van der Waals surface area contributed by atoms with Crippen LogP contribution in [0.15, 0.2) is 42.7 Å². The van der Waals surface area contributed by atoms with Gasteiger partial charge in [-0.3, -0.25) is 10.1 Å². The molecule has 2 heterocycles. The molecule has 0 bridgehead atoms. The lowest BCUT2D eigenvalue weighted by molar-refractivity contribution is -0.384. The Hall–Kier alpha value is -3.79. The first-order chi connectivity index (χ1) is 15.6. The fraction of sp³-hybridized carbons (Fsp3) is 0.318. The molecule has 2 aromatic carbocycles. The van der Waals surface area contributed by atoms with Gasteiger partial charge in [-0.15, -0.1) is 0 Å². The monoisotopic (exact) mass is 436 g/mol. The zero-order valence-corrected chi connectivity index (χ0v) is 17.7. The van der Waals surface area contributed by atoms with Crippen molar-refractivity contribution < 1.29 is 14.5 Å². The fourth-order valence-electron chi connectivity index (χ4n) is 3.69. The van der Waals surface area contributed by atoms with Crippen molar-refractivity contribution in [2.45, 2.75) is 13.5 Å². The fourth-order valence-corrected chi connectivity index (χ4v) is 3.69. The van der Waals surface area contributed by atoms with Gasteiger partial charge in [0.15, 0.2) is 0 Å². The van der Waals surface area contributed by atoms with Crippen molar-refractivity contribution in [1.29, 1.82) is 0 Å². The zero-order chi connectivity index (χ0) is 22.5. The summed E-state index contributed by atoms with van der Waals surface area (Å²) < 4.78 is 5.00. The van der Waals surface area contributed by atoms with E-state index in [-0.39, 0.29) is 16.6 Å². The molecule has 10 nitrogen and oxygen atoms in total. The number of ether oxygens (including phenoxy) is 1. The zero-order valence-electron chi connectivity index (χ0n) is 17.7. The van der Waals surface area contributed by atoms with Crippen LogP contribution in [0.3, 0.4) is 0 Å². The number of esters is 1. The summed E-state index contributed by atoms with van der Waals surface area (Å²) in [6.45, 7) is 5.48. The minimum Gasteiger partial charge on any atom is -0.462 e. The summed E-state index contributed by atoms with van der Waals surface area (Å²) in [7, 11) is 0. The molecule has 0 saturated carbocycles. The number of benzene rings is 2. The Morgan fingerprint density at radius 3 is 2.66 bits per heavy atom. The SMILES string of the molecule is CCOC(=O)c1ccc(CNc2ncnc3cc(N4CCNCC4)c([N+](=O)[O-])cc23)cc1. The van der Waals surface area contributed by atoms with Gasteiger partial charge in [0.05, 0.1) is 22.6 Å².